The number of aliphatic hydroxyl groups excluding tert-OH is 5. The van der Waals surface area contributed by atoms with Gasteiger partial charge in [0.25, 0.3) is 0 Å². The molecule has 7 heteroatoms. The van der Waals surface area contributed by atoms with Crippen LogP contribution in [0.5, 0.6) is 0 Å². The van der Waals surface area contributed by atoms with Crippen molar-refractivity contribution < 1.29 is 35.1 Å². The van der Waals surface area contributed by atoms with Gasteiger partial charge in [0.2, 0.25) is 11.6 Å². The second-order valence-corrected chi connectivity index (χ2v) is 7.34. The Morgan fingerprint density at radius 2 is 1.62 bits per heavy atom. The SMILES string of the molecule is CC1CCC(C(C)C)C(C(=O)C(=O)[C@H](O)[C@@H](O)[C@H](O)[C@H](O)CO)C1. The molecule has 0 aliphatic heterocycles. The fourth-order valence-corrected chi connectivity index (χ4v) is 3.51. The van der Waals surface area contributed by atoms with Crippen LogP contribution in [0.4, 0.5) is 0 Å². The molecular formula is C17H30O7. The molecule has 0 aromatic heterocycles. The molecule has 3 unspecified atom stereocenters. The second kappa shape index (κ2) is 9.01. The van der Waals surface area contributed by atoms with Gasteiger partial charge in [0.15, 0.2) is 0 Å². The minimum Gasteiger partial charge on any atom is -0.394 e. The van der Waals surface area contributed by atoms with E-state index in [1.807, 2.05) is 20.8 Å². The molecule has 0 aromatic carbocycles. The van der Waals surface area contributed by atoms with Crippen LogP contribution in [-0.4, -0.2) is 68.1 Å². The molecule has 1 saturated carbocycles. The van der Waals surface area contributed by atoms with Gasteiger partial charge >= 0.3 is 0 Å². The highest BCUT2D eigenvalue weighted by molar-refractivity contribution is 6.39. The number of rotatable bonds is 8. The van der Waals surface area contributed by atoms with Gasteiger partial charge in [-0.05, 0) is 30.6 Å². The summed E-state index contributed by atoms with van der Waals surface area (Å²) in [7, 11) is 0. The Hall–Kier alpha value is -0.860. The monoisotopic (exact) mass is 346 g/mol. The van der Waals surface area contributed by atoms with Gasteiger partial charge < -0.3 is 25.5 Å². The molecule has 1 aliphatic carbocycles. The third-order valence-electron chi connectivity index (χ3n) is 5.13. The number of ketones is 2. The number of carbonyl (C=O) groups excluding carboxylic acids is 2. The van der Waals surface area contributed by atoms with Crippen LogP contribution < -0.4 is 0 Å². The first-order valence-corrected chi connectivity index (χ1v) is 8.52. The molecule has 0 radical (unpaired) electrons. The highest BCUT2D eigenvalue weighted by atomic mass is 16.4. The van der Waals surface area contributed by atoms with Crippen molar-refractivity contribution in [1.82, 2.24) is 0 Å². The lowest BCUT2D eigenvalue weighted by molar-refractivity contribution is -0.157. The molecule has 0 bridgehead atoms. The molecule has 0 heterocycles. The van der Waals surface area contributed by atoms with Crippen molar-refractivity contribution in [3.05, 3.63) is 0 Å². The summed E-state index contributed by atoms with van der Waals surface area (Å²) >= 11 is 0. The molecule has 0 amide bonds. The minimum atomic E-state index is -2.13. The molecule has 24 heavy (non-hydrogen) atoms. The summed E-state index contributed by atoms with van der Waals surface area (Å²) in [6, 6.07) is 0. The molecule has 1 aliphatic rings. The number of hydrogen-bond donors (Lipinski definition) is 5. The van der Waals surface area contributed by atoms with Crippen molar-refractivity contribution >= 4 is 11.6 Å². The van der Waals surface area contributed by atoms with Gasteiger partial charge in [0, 0.05) is 5.92 Å². The van der Waals surface area contributed by atoms with Gasteiger partial charge in [0.05, 0.1) is 6.61 Å². The van der Waals surface area contributed by atoms with E-state index in [2.05, 4.69) is 0 Å². The fourth-order valence-electron chi connectivity index (χ4n) is 3.51. The molecule has 0 spiro atoms. The largest absolute Gasteiger partial charge is 0.394 e. The van der Waals surface area contributed by atoms with E-state index in [0.717, 1.165) is 12.8 Å². The summed E-state index contributed by atoms with van der Waals surface area (Å²) in [6.07, 6.45) is -5.44. The average molecular weight is 346 g/mol. The molecule has 0 aromatic rings. The normalized spacial score (nSPS) is 29.8. The highest BCUT2D eigenvalue weighted by Crippen LogP contribution is 2.38. The Balaban J connectivity index is 2.85. The molecular weight excluding hydrogens is 316 g/mol. The second-order valence-electron chi connectivity index (χ2n) is 7.34. The summed E-state index contributed by atoms with van der Waals surface area (Å²) in [6.45, 7) is 5.13. The Morgan fingerprint density at radius 1 is 1.04 bits per heavy atom. The third-order valence-corrected chi connectivity index (χ3v) is 5.13. The standard InChI is InChI=1S/C17H30O7/c1-8(2)10-5-4-9(3)6-11(10)13(20)15(22)17(24)16(23)14(21)12(19)7-18/h8-12,14,16-19,21,23-24H,4-7H2,1-3H3/t9?,10?,11?,12-,14-,16+,17+/m1/s1. The zero-order valence-corrected chi connectivity index (χ0v) is 14.5. The minimum absolute atomic E-state index is 0.0370. The van der Waals surface area contributed by atoms with Gasteiger partial charge in [-0.3, -0.25) is 9.59 Å². The van der Waals surface area contributed by atoms with E-state index in [1.165, 1.54) is 0 Å². The molecule has 5 N–H and O–H groups in total. The highest BCUT2D eigenvalue weighted by Gasteiger charge is 2.43. The van der Waals surface area contributed by atoms with Crippen molar-refractivity contribution in [1.29, 1.82) is 0 Å². The van der Waals surface area contributed by atoms with Crippen molar-refractivity contribution in [2.45, 2.75) is 64.4 Å². The van der Waals surface area contributed by atoms with Gasteiger partial charge in [-0.2, -0.15) is 0 Å². The smallest absolute Gasteiger partial charge is 0.229 e. The van der Waals surface area contributed by atoms with Crippen LogP contribution in [0.15, 0.2) is 0 Å². The van der Waals surface area contributed by atoms with Crippen molar-refractivity contribution in [2.24, 2.45) is 23.7 Å². The average Bonchev–Trinajstić information content (AvgIpc) is 2.57. The number of Topliss-reactive ketones (excluding diaryl/α,β-unsaturated/α-hetero) is 2. The lowest BCUT2D eigenvalue weighted by Crippen LogP contribution is -2.51. The summed E-state index contributed by atoms with van der Waals surface area (Å²) in [5.41, 5.74) is 0. The third kappa shape index (κ3) is 4.83. The number of aliphatic hydroxyl groups is 5. The van der Waals surface area contributed by atoms with E-state index in [1.54, 1.807) is 0 Å². The van der Waals surface area contributed by atoms with E-state index in [0.29, 0.717) is 12.3 Å². The van der Waals surface area contributed by atoms with Crippen LogP contribution in [0.1, 0.15) is 40.0 Å². The van der Waals surface area contributed by atoms with Crippen LogP contribution in [0, 0.1) is 23.7 Å². The predicted molar refractivity (Wildman–Crippen MR) is 86.0 cm³/mol. The molecule has 7 nitrogen and oxygen atoms in total. The van der Waals surface area contributed by atoms with Crippen LogP contribution in [0.25, 0.3) is 0 Å². The molecule has 140 valence electrons. The quantitative estimate of drug-likeness (QED) is 0.366. The van der Waals surface area contributed by atoms with Gasteiger partial charge in [-0.15, -0.1) is 0 Å². The topological polar surface area (TPSA) is 135 Å². The Bertz CT molecular complexity index is 437. The number of carbonyl (C=O) groups is 2. The van der Waals surface area contributed by atoms with Crippen molar-refractivity contribution in [2.75, 3.05) is 6.61 Å². The fraction of sp³-hybridized carbons (Fsp3) is 0.882. The first kappa shape index (κ1) is 21.2. The summed E-state index contributed by atoms with van der Waals surface area (Å²) in [4.78, 5) is 24.8. The summed E-state index contributed by atoms with van der Waals surface area (Å²) in [5, 5.41) is 47.4. The lowest BCUT2D eigenvalue weighted by atomic mass is 9.67. The molecule has 0 saturated heterocycles. The molecule has 1 fully saturated rings. The Morgan fingerprint density at radius 3 is 2.12 bits per heavy atom. The maximum Gasteiger partial charge on any atom is 0.229 e. The lowest BCUT2D eigenvalue weighted by Gasteiger charge is -2.36. The van der Waals surface area contributed by atoms with Crippen LogP contribution in [-0.2, 0) is 9.59 Å². The van der Waals surface area contributed by atoms with Crippen molar-refractivity contribution in [3.63, 3.8) is 0 Å². The van der Waals surface area contributed by atoms with E-state index in [-0.39, 0.29) is 11.8 Å². The van der Waals surface area contributed by atoms with Gasteiger partial charge in [0.1, 0.15) is 24.4 Å². The van der Waals surface area contributed by atoms with Gasteiger partial charge in [-0.1, -0.05) is 27.2 Å². The first-order chi connectivity index (χ1) is 11.1. The number of hydrogen-bond acceptors (Lipinski definition) is 7. The van der Waals surface area contributed by atoms with Crippen molar-refractivity contribution in [3.8, 4) is 0 Å². The van der Waals surface area contributed by atoms with E-state index in [4.69, 9.17) is 5.11 Å². The zero-order chi connectivity index (χ0) is 18.6. The van der Waals surface area contributed by atoms with Crippen LogP contribution >= 0.6 is 0 Å². The summed E-state index contributed by atoms with van der Waals surface area (Å²) in [5.74, 6) is -1.86. The van der Waals surface area contributed by atoms with Gasteiger partial charge in [-0.25, -0.2) is 0 Å². The molecule has 7 atom stereocenters. The molecule has 1 rings (SSSR count). The Labute approximate surface area is 142 Å². The van der Waals surface area contributed by atoms with Crippen LogP contribution in [0.3, 0.4) is 0 Å². The summed E-state index contributed by atoms with van der Waals surface area (Å²) < 4.78 is 0. The zero-order valence-electron chi connectivity index (χ0n) is 14.5. The maximum atomic E-state index is 12.6. The Kier molecular flexibility index (Phi) is 7.95. The predicted octanol–water partition coefficient (Wildman–Crippen LogP) is -0.731. The van der Waals surface area contributed by atoms with E-state index < -0.39 is 48.5 Å². The maximum absolute atomic E-state index is 12.6. The first-order valence-electron chi connectivity index (χ1n) is 8.52. The van der Waals surface area contributed by atoms with Crippen LogP contribution in [0.2, 0.25) is 0 Å². The van der Waals surface area contributed by atoms with E-state index in [9.17, 15) is 30.0 Å². The van der Waals surface area contributed by atoms with E-state index >= 15 is 0 Å².